The van der Waals surface area contributed by atoms with Crippen LogP contribution in [0, 0.1) is 11.8 Å². The Bertz CT molecular complexity index is 886. The molecule has 0 spiro atoms. The van der Waals surface area contributed by atoms with Crippen LogP contribution in [0.1, 0.15) is 11.3 Å². The van der Waals surface area contributed by atoms with E-state index in [-0.39, 0.29) is 5.56 Å². The number of aromatic nitrogens is 2. The van der Waals surface area contributed by atoms with Crippen molar-refractivity contribution in [3.63, 3.8) is 0 Å². The average Bonchev–Trinajstić information content (AvgIpc) is 2.50. The van der Waals surface area contributed by atoms with Crippen LogP contribution in [0.4, 0.5) is 0 Å². The largest absolute Gasteiger partial charge is 0.320 e. The smallest absolute Gasteiger partial charge is 0.293 e. The van der Waals surface area contributed by atoms with E-state index in [1.165, 1.54) is 0 Å². The van der Waals surface area contributed by atoms with Gasteiger partial charge in [0.2, 0.25) is 0 Å². The number of nitrogens with zero attached hydrogens (tertiary/aromatic N) is 2. The Kier molecular flexibility index (Phi) is 2.94. The molecule has 2 N–H and O–H groups in total. The lowest BCUT2D eigenvalue weighted by Gasteiger charge is -2.02. The molecule has 0 aliphatic rings. The van der Waals surface area contributed by atoms with Gasteiger partial charge in [-0.15, -0.1) is 9.89 Å². The Morgan fingerprint density at radius 2 is 1.55 bits per heavy atom. The van der Waals surface area contributed by atoms with Gasteiger partial charge in [0.15, 0.2) is 0 Å². The summed E-state index contributed by atoms with van der Waals surface area (Å²) in [4.78, 5) is 12.7. The summed E-state index contributed by atoms with van der Waals surface area (Å²) in [5, 5.41) is 5.25. The average molecular weight is 261 g/mol. The first-order valence-electron chi connectivity index (χ1n) is 6.10. The second-order valence-electron chi connectivity index (χ2n) is 4.26. The number of benzene rings is 2. The van der Waals surface area contributed by atoms with Crippen LogP contribution in [-0.2, 0) is 0 Å². The minimum absolute atomic E-state index is 0.328. The molecule has 1 heterocycles. The maximum atomic E-state index is 11.9. The fourth-order valence-corrected chi connectivity index (χ4v) is 1.95. The highest BCUT2D eigenvalue weighted by molar-refractivity contribution is 5.85. The molecule has 0 aliphatic carbocycles. The molecule has 96 valence electrons. The van der Waals surface area contributed by atoms with Crippen molar-refractivity contribution in [2.45, 2.75) is 0 Å². The Labute approximate surface area is 115 Å². The van der Waals surface area contributed by atoms with Crippen LogP contribution in [0.2, 0.25) is 0 Å². The molecule has 3 aromatic rings. The SMILES string of the molecule is Nn1nc(C#Cc2ccccc2)c2ccccc2c1=O. The Morgan fingerprint density at radius 3 is 2.30 bits per heavy atom. The number of fused-ring (bicyclic) bond motifs is 1. The maximum absolute atomic E-state index is 11.9. The molecule has 0 amide bonds. The quantitative estimate of drug-likeness (QED) is 0.493. The summed E-state index contributed by atoms with van der Waals surface area (Å²) in [5.74, 6) is 11.6. The lowest BCUT2D eigenvalue weighted by molar-refractivity contribution is 0.770. The van der Waals surface area contributed by atoms with Crippen molar-refractivity contribution in [1.82, 2.24) is 9.89 Å². The molecule has 0 unspecified atom stereocenters. The molecular formula is C16H11N3O. The molecule has 4 heteroatoms. The van der Waals surface area contributed by atoms with Crippen LogP contribution in [0.3, 0.4) is 0 Å². The molecule has 0 saturated carbocycles. The van der Waals surface area contributed by atoms with Crippen LogP contribution in [0.25, 0.3) is 10.8 Å². The monoisotopic (exact) mass is 261 g/mol. The summed E-state index contributed by atoms with van der Waals surface area (Å²) in [7, 11) is 0. The molecule has 0 radical (unpaired) electrons. The van der Waals surface area contributed by atoms with Gasteiger partial charge in [-0.3, -0.25) is 4.79 Å². The highest BCUT2D eigenvalue weighted by atomic mass is 16.1. The van der Waals surface area contributed by atoms with Gasteiger partial charge in [0.1, 0.15) is 5.69 Å². The zero-order valence-electron chi connectivity index (χ0n) is 10.6. The molecule has 4 nitrogen and oxygen atoms in total. The highest BCUT2D eigenvalue weighted by Gasteiger charge is 2.06. The van der Waals surface area contributed by atoms with Gasteiger partial charge < -0.3 is 5.84 Å². The Balaban J connectivity index is 2.21. The minimum Gasteiger partial charge on any atom is -0.320 e. The van der Waals surface area contributed by atoms with Gasteiger partial charge in [0, 0.05) is 10.9 Å². The molecule has 2 aromatic carbocycles. The van der Waals surface area contributed by atoms with Crippen LogP contribution in [0.5, 0.6) is 0 Å². The second kappa shape index (κ2) is 4.90. The van der Waals surface area contributed by atoms with Gasteiger partial charge in [-0.2, -0.15) is 0 Å². The van der Waals surface area contributed by atoms with E-state index in [1.807, 2.05) is 42.5 Å². The van der Waals surface area contributed by atoms with Gasteiger partial charge in [0.05, 0.1) is 5.39 Å². The topological polar surface area (TPSA) is 60.9 Å². The van der Waals surface area contributed by atoms with E-state index in [0.29, 0.717) is 16.5 Å². The van der Waals surface area contributed by atoms with Crippen LogP contribution in [-0.4, -0.2) is 9.89 Å². The van der Waals surface area contributed by atoms with Crippen molar-refractivity contribution in [2.24, 2.45) is 0 Å². The van der Waals surface area contributed by atoms with Gasteiger partial charge in [0.25, 0.3) is 5.56 Å². The standard InChI is InChI=1S/C16H11N3O/c17-19-16(20)14-9-5-4-8-13(14)15(18-19)11-10-12-6-2-1-3-7-12/h1-9H,17H2. The van der Waals surface area contributed by atoms with E-state index in [4.69, 9.17) is 5.84 Å². The predicted molar refractivity (Wildman–Crippen MR) is 78.6 cm³/mol. The van der Waals surface area contributed by atoms with Crippen molar-refractivity contribution >= 4 is 10.8 Å². The van der Waals surface area contributed by atoms with Crippen LogP contribution >= 0.6 is 0 Å². The van der Waals surface area contributed by atoms with Crippen LogP contribution < -0.4 is 11.4 Å². The Morgan fingerprint density at radius 1 is 0.900 bits per heavy atom. The zero-order valence-corrected chi connectivity index (χ0v) is 10.6. The number of nitrogens with two attached hydrogens (primary N) is 1. The number of nitrogen functional groups attached to an aromatic ring is 1. The molecule has 0 atom stereocenters. The molecule has 0 aliphatic heterocycles. The van der Waals surface area contributed by atoms with Crippen molar-refractivity contribution in [3.8, 4) is 11.8 Å². The minimum atomic E-state index is -0.328. The summed E-state index contributed by atoms with van der Waals surface area (Å²) >= 11 is 0. The molecule has 0 saturated heterocycles. The molecule has 0 bridgehead atoms. The summed E-state index contributed by atoms with van der Waals surface area (Å²) in [6.07, 6.45) is 0. The van der Waals surface area contributed by atoms with E-state index in [2.05, 4.69) is 16.9 Å². The number of rotatable bonds is 0. The third kappa shape index (κ3) is 2.13. The van der Waals surface area contributed by atoms with Gasteiger partial charge >= 0.3 is 0 Å². The highest BCUT2D eigenvalue weighted by Crippen LogP contribution is 2.11. The first-order valence-corrected chi connectivity index (χ1v) is 6.10. The maximum Gasteiger partial charge on any atom is 0.293 e. The van der Waals surface area contributed by atoms with E-state index in [1.54, 1.807) is 12.1 Å². The summed E-state index contributed by atoms with van der Waals surface area (Å²) in [6.45, 7) is 0. The van der Waals surface area contributed by atoms with Crippen molar-refractivity contribution in [1.29, 1.82) is 0 Å². The van der Waals surface area contributed by atoms with E-state index >= 15 is 0 Å². The first-order chi connectivity index (χ1) is 9.75. The van der Waals surface area contributed by atoms with Gasteiger partial charge in [-0.25, -0.2) is 0 Å². The fraction of sp³-hybridized carbons (Fsp3) is 0. The molecular weight excluding hydrogens is 250 g/mol. The van der Waals surface area contributed by atoms with E-state index in [9.17, 15) is 4.79 Å². The van der Waals surface area contributed by atoms with E-state index < -0.39 is 0 Å². The van der Waals surface area contributed by atoms with Crippen molar-refractivity contribution in [3.05, 3.63) is 76.2 Å². The summed E-state index contributed by atoms with van der Waals surface area (Å²) in [6, 6.07) is 16.8. The van der Waals surface area contributed by atoms with Crippen molar-refractivity contribution in [2.75, 3.05) is 5.84 Å². The summed E-state index contributed by atoms with van der Waals surface area (Å²) in [5.41, 5.74) is 1.05. The van der Waals surface area contributed by atoms with Gasteiger partial charge in [-0.1, -0.05) is 42.3 Å². The second-order valence-corrected chi connectivity index (χ2v) is 4.26. The normalized spacial score (nSPS) is 10.0. The molecule has 20 heavy (non-hydrogen) atoms. The van der Waals surface area contributed by atoms with Crippen molar-refractivity contribution < 1.29 is 0 Å². The third-order valence-electron chi connectivity index (χ3n) is 2.93. The van der Waals surface area contributed by atoms with E-state index in [0.717, 1.165) is 10.4 Å². The lowest BCUT2D eigenvalue weighted by atomic mass is 10.1. The molecule has 1 aromatic heterocycles. The first kappa shape index (κ1) is 12.0. The Hall–Kier alpha value is -3.06. The summed E-state index contributed by atoms with van der Waals surface area (Å²) < 4.78 is 0. The fourth-order valence-electron chi connectivity index (χ4n) is 1.95. The van der Waals surface area contributed by atoms with Gasteiger partial charge in [-0.05, 0) is 24.1 Å². The number of hydrogen-bond donors (Lipinski definition) is 1. The molecule has 0 fully saturated rings. The lowest BCUT2D eigenvalue weighted by Crippen LogP contribution is -2.30. The zero-order chi connectivity index (χ0) is 13.9. The molecule has 3 rings (SSSR count). The third-order valence-corrected chi connectivity index (χ3v) is 2.93. The van der Waals surface area contributed by atoms with Crippen LogP contribution in [0.15, 0.2) is 59.4 Å². The number of hydrogen-bond acceptors (Lipinski definition) is 3. The predicted octanol–water partition coefficient (Wildman–Crippen LogP) is 1.51.